The van der Waals surface area contributed by atoms with Crippen LogP contribution in [-0.2, 0) is 6.54 Å². The Bertz CT molecular complexity index is 1120. The Morgan fingerprint density at radius 1 is 1.00 bits per heavy atom. The highest BCUT2D eigenvalue weighted by Crippen LogP contribution is 2.21. The molecule has 0 aliphatic carbocycles. The lowest BCUT2D eigenvalue weighted by atomic mass is 10.0. The first-order valence-electron chi connectivity index (χ1n) is 11.0. The van der Waals surface area contributed by atoms with E-state index in [0.717, 1.165) is 37.1 Å². The minimum absolute atomic E-state index is 0.000719. The zero-order valence-electron chi connectivity index (χ0n) is 18.5. The number of aryl methyl sites for hydroxylation is 1. The number of amides is 2. The third-order valence-corrected chi connectivity index (χ3v) is 5.77. The van der Waals surface area contributed by atoms with Crippen LogP contribution in [0.5, 0.6) is 5.75 Å². The Balaban J connectivity index is 1.34. The van der Waals surface area contributed by atoms with Gasteiger partial charge in [0, 0.05) is 49.2 Å². The van der Waals surface area contributed by atoms with Crippen LogP contribution in [0.2, 0.25) is 0 Å². The second kappa shape index (κ2) is 10.2. The van der Waals surface area contributed by atoms with E-state index in [4.69, 9.17) is 0 Å². The van der Waals surface area contributed by atoms with E-state index < -0.39 is 0 Å². The van der Waals surface area contributed by atoms with Crippen LogP contribution in [0.4, 0.5) is 5.82 Å². The number of phenols is 1. The van der Waals surface area contributed by atoms with E-state index in [-0.39, 0.29) is 29.4 Å². The van der Waals surface area contributed by atoms with Crippen LogP contribution in [0.15, 0.2) is 60.9 Å². The van der Waals surface area contributed by atoms with E-state index in [1.54, 1.807) is 18.2 Å². The van der Waals surface area contributed by atoms with Crippen molar-refractivity contribution < 1.29 is 14.7 Å². The van der Waals surface area contributed by atoms with Crippen molar-refractivity contribution in [2.75, 3.05) is 18.4 Å². The lowest BCUT2D eigenvalue weighted by molar-refractivity contribution is 0.0904. The number of aromatic nitrogens is 2. The Morgan fingerprint density at radius 2 is 1.70 bits per heavy atom. The number of hydrogen-bond acceptors (Lipinski definition) is 6. The molecule has 0 saturated carbocycles. The van der Waals surface area contributed by atoms with Gasteiger partial charge in [0.1, 0.15) is 5.75 Å². The van der Waals surface area contributed by atoms with Crippen molar-refractivity contribution >= 4 is 17.6 Å². The summed E-state index contributed by atoms with van der Waals surface area (Å²) in [7, 11) is 0. The summed E-state index contributed by atoms with van der Waals surface area (Å²) >= 11 is 0. The molecule has 3 aromatic rings. The standard InChI is InChI=1S/C25H27N5O3/c1-17-6-8-18(9-7-17)24(32)29-23-22(26-12-13-27-23)25(33)28-20-10-14-30(15-11-20)16-19-4-2-3-5-21(19)31/h2-9,12-13,20,31H,10-11,14-16H2,1H3,(H,28,33)(H,27,29,32). The van der Waals surface area contributed by atoms with Crippen molar-refractivity contribution in [3.8, 4) is 5.75 Å². The number of carbonyl (C=O) groups is 2. The molecule has 0 radical (unpaired) electrons. The number of benzene rings is 2. The molecule has 0 unspecified atom stereocenters. The summed E-state index contributed by atoms with van der Waals surface area (Å²) in [6.07, 6.45) is 4.44. The van der Waals surface area contributed by atoms with Crippen molar-refractivity contribution in [2.45, 2.75) is 32.4 Å². The summed E-state index contributed by atoms with van der Waals surface area (Å²) in [5.41, 5.74) is 2.52. The van der Waals surface area contributed by atoms with Crippen LogP contribution in [0.1, 0.15) is 44.8 Å². The van der Waals surface area contributed by atoms with Crippen molar-refractivity contribution in [1.82, 2.24) is 20.2 Å². The zero-order valence-corrected chi connectivity index (χ0v) is 18.5. The number of nitrogens with zero attached hydrogens (tertiary/aromatic N) is 3. The molecule has 3 N–H and O–H groups in total. The van der Waals surface area contributed by atoms with E-state index in [1.165, 1.54) is 12.4 Å². The molecule has 8 heteroatoms. The molecule has 1 saturated heterocycles. The maximum Gasteiger partial charge on any atom is 0.273 e. The third-order valence-electron chi connectivity index (χ3n) is 5.77. The maximum atomic E-state index is 12.9. The van der Waals surface area contributed by atoms with Gasteiger partial charge in [-0.05, 0) is 38.0 Å². The van der Waals surface area contributed by atoms with E-state index in [0.29, 0.717) is 17.9 Å². The van der Waals surface area contributed by atoms with Crippen molar-refractivity contribution in [3.05, 3.63) is 83.3 Å². The number of aromatic hydroxyl groups is 1. The van der Waals surface area contributed by atoms with Crippen LogP contribution >= 0.6 is 0 Å². The van der Waals surface area contributed by atoms with Gasteiger partial charge in [0.05, 0.1) is 0 Å². The number of carbonyl (C=O) groups excluding carboxylic acids is 2. The average molecular weight is 446 g/mol. The predicted octanol–water partition coefficient (Wildman–Crippen LogP) is 3.14. The molecule has 0 bridgehead atoms. The molecule has 1 aliphatic heterocycles. The maximum absolute atomic E-state index is 12.9. The van der Waals surface area contributed by atoms with Crippen LogP contribution in [0.25, 0.3) is 0 Å². The second-order valence-electron chi connectivity index (χ2n) is 8.23. The number of anilines is 1. The summed E-state index contributed by atoms with van der Waals surface area (Å²) in [5, 5.41) is 15.7. The summed E-state index contributed by atoms with van der Waals surface area (Å²) in [6.45, 7) is 4.23. The number of likely N-dealkylation sites (tertiary alicyclic amines) is 1. The number of para-hydroxylation sites is 1. The predicted molar refractivity (Wildman–Crippen MR) is 125 cm³/mol. The molecule has 2 amide bonds. The minimum atomic E-state index is -0.360. The van der Waals surface area contributed by atoms with Gasteiger partial charge in [-0.25, -0.2) is 9.97 Å². The highest BCUT2D eigenvalue weighted by molar-refractivity contribution is 6.07. The second-order valence-corrected chi connectivity index (χ2v) is 8.23. The van der Waals surface area contributed by atoms with E-state index in [2.05, 4.69) is 25.5 Å². The SMILES string of the molecule is Cc1ccc(C(=O)Nc2nccnc2C(=O)NC2CCN(Cc3ccccc3O)CC2)cc1. The molecule has 1 aromatic heterocycles. The van der Waals surface area contributed by atoms with Gasteiger partial charge in [-0.15, -0.1) is 0 Å². The smallest absolute Gasteiger partial charge is 0.273 e. The van der Waals surface area contributed by atoms with Crippen LogP contribution < -0.4 is 10.6 Å². The first-order chi connectivity index (χ1) is 16.0. The number of piperidine rings is 1. The van der Waals surface area contributed by atoms with E-state index in [9.17, 15) is 14.7 Å². The molecule has 8 nitrogen and oxygen atoms in total. The zero-order chi connectivity index (χ0) is 23.2. The highest BCUT2D eigenvalue weighted by atomic mass is 16.3. The fourth-order valence-electron chi connectivity index (χ4n) is 3.85. The lowest BCUT2D eigenvalue weighted by Gasteiger charge is -2.32. The monoisotopic (exact) mass is 445 g/mol. The Labute approximate surface area is 192 Å². The largest absolute Gasteiger partial charge is 0.508 e. The number of phenolic OH excluding ortho intramolecular Hbond substituents is 1. The number of hydrogen-bond donors (Lipinski definition) is 3. The van der Waals surface area contributed by atoms with E-state index >= 15 is 0 Å². The molecular weight excluding hydrogens is 418 g/mol. The van der Waals surface area contributed by atoms with Gasteiger partial charge in [-0.3, -0.25) is 14.5 Å². The van der Waals surface area contributed by atoms with Gasteiger partial charge >= 0.3 is 0 Å². The fraction of sp³-hybridized carbons (Fsp3) is 0.280. The molecule has 33 heavy (non-hydrogen) atoms. The number of rotatable bonds is 6. The molecule has 170 valence electrons. The molecular formula is C25H27N5O3. The Morgan fingerprint density at radius 3 is 2.42 bits per heavy atom. The van der Waals surface area contributed by atoms with Gasteiger partial charge in [0.2, 0.25) is 0 Å². The van der Waals surface area contributed by atoms with Gasteiger partial charge in [-0.2, -0.15) is 0 Å². The molecule has 0 spiro atoms. The third kappa shape index (κ3) is 5.72. The van der Waals surface area contributed by atoms with Gasteiger partial charge in [0.15, 0.2) is 11.5 Å². The van der Waals surface area contributed by atoms with Crippen LogP contribution in [0.3, 0.4) is 0 Å². The molecule has 1 aliphatic rings. The van der Waals surface area contributed by atoms with Gasteiger partial charge < -0.3 is 15.7 Å². The number of nitrogens with one attached hydrogen (secondary N) is 2. The van der Waals surface area contributed by atoms with Crippen LogP contribution in [0, 0.1) is 6.92 Å². The summed E-state index contributed by atoms with van der Waals surface area (Å²) in [5.74, 6) is -0.267. The van der Waals surface area contributed by atoms with Gasteiger partial charge in [0.25, 0.3) is 11.8 Å². The fourth-order valence-corrected chi connectivity index (χ4v) is 3.85. The minimum Gasteiger partial charge on any atom is -0.508 e. The van der Waals surface area contributed by atoms with Crippen molar-refractivity contribution in [3.63, 3.8) is 0 Å². The normalized spacial score (nSPS) is 14.6. The molecule has 2 aromatic carbocycles. The van der Waals surface area contributed by atoms with Gasteiger partial charge in [-0.1, -0.05) is 35.9 Å². The molecule has 4 rings (SSSR count). The van der Waals surface area contributed by atoms with E-state index in [1.807, 2.05) is 37.3 Å². The lowest BCUT2D eigenvalue weighted by Crippen LogP contribution is -2.44. The molecule has 1 fully saturated rings. The first kappa shape index (κ1) is 22.4. The van der Waals surface area contributed by atoms with Crippen molar-refractivity contribution in [2.24, 2.45) is 0 Å². The average Bonchev–Trinajstić information content (AvgIpc) is 2.82. The first-order valence-corrected chi connectivity index (χ1v) is 11.0. The Kier molecular flexibility index (Phi) is 6.95. The molecule has 2 heterocycles. The summed E-state index contributed by atoms with van der Waals surface area (Å²) < 4.78 is 0. The quantitative estimate of drug-likeness (QED) is 0.538. The Hall–Kier alpha value is -3.78. The topological polar surface area (TPSA) is 107 Å². The van der Waals surface area contributed by atoms with Crippen LogP contribution in [-0.4, -0.2) is 50.9 Å². The molecule has 0 atom stereocenters. The highest BCUT2D eigenvalue weighted by Gasteiger charge is 2.24. The summed E-state index contributed by atoms with van der Waals surface area (Å²) in [4.78, 5) is 36.0. The van der Waals surface area contributed by atoms with Crippen molar-refractivity contribution in [1.29, 1.82) is 0 Å². The summed E-state index contributed by atoms with van der Waals surface area (Å²) in [6, 6.07) is 14.5.